The second-order valence-electron chi connectivity index (χ2n) is 5.69. The third-order valence-corrected chi connectivity index (χ3v) is 5.03. The molecule has 0 saturated carbocycles. The number of nitrogens with zero attached hydrogens (tertiary/aromatic N) is 2. The van der Waals surface area contributed by atoms with Crippen LogP contribution in [0.3, 0.4) is 0 Å². The quantitative estimate of drug-likeness (QED) is 0.799. The monoisotopic (exact) mass is 323 g/mol. The normalized spacial score (nSPS) is 13.8. The van der Waals surface area contributed by atoms with Crippen molar-refractivity contribution in [3.63, 3.8) is 0 Å². The van der Waals surface area contributed by atoms with Gasteiger partial charge in [0.1, 0.15) is 0 Å². The summed E-state index contributed by atoms with van der Waals surface area (Å²) in [6, 6.07) is 16.2. The van der Waals surface area contributed by atoms with Gasteiger partial charge in [0.05, 0.1) is 16.8 Å². The van der Waals surface area contributed by atoms with Gasteiger partial charge in [-0.15, -0.1) is 0 Å². The van der Waals surface area contributed by atoms with Crippen molar-refractivity contribution in [1.82, 2.24) is 4.98 Å². The fourth-order valence-electron chi connectivity index (χ4n) is 3.03. The van der Waals surface area contributed by atoms with Gasteiger partial charge in [0.15, 0.2) is 5.13 Å². The summed E-state index contributed by atoms with van der Waals surface area (Å²) in [6.45, 7) is 1.29. The first-order valence-electron chi connectivity index (χ1n) is 7.78. The van der Waals surface area contributed by atoms with Gasteiger partial charge in [0.2, 0.25) is 5.91 Å². The molecule has 1 aromatic heterocycles. The highest BCUT2D eigenvalue weighted by Crippen LogP contribution is 2.27. The Labute approximate surface area is 138 Å². The van der Waals surface area contributed by atoms with Crippen LogP contribution in [0.5, 0.6) is 0 Å². The summed E-state index contributed by atoms with van der Waals surface area (Å²) in [6.07, 6.45) is 2.18. The summed E-state index contributed by atoms with van der Waals surface area (Å²) >= 11 is 1.51. The van der Waals surface area contributed by atoms with Crippen LogP contribution in [0.2, 0.25) is 0 Å². The number of aromatic nitrogens is 1. The molecule has 0 saturated heterocycles. The number of aryl methyl sites for hydroxylation is 1. The molecule has 116 valence electrons. The molecule has 0 fully saturated rings. The number of rotatable bonds is 3. The third-order valence-electron chi connectivity index (χ3n) is 4.08. The molecule has 5 heteroatoms. The zero-order valence-corrected chi connectivity index (χ0v) is 13.5. The Balaban J connectivity index is 1.48. The van der Waals surface area contributed by atoms with Gasteiger partial charge in [-0.05, 0) is 36.6 Å². The summed E-state index contributed by atoms with van der Waals surface area (Å²) in [5.74, 6) is -0.0132. The van der Waals surface area contributed by atoms with E-state index in [4.69, 9.17) is 0 Å². The van der Waals surface area contributed by atoms with Gasteiger partial charge in [0.25, 0.3) is 0 Å². The number of carbonyl (C=O) groups is 1. The smallest absolute Gasteiger partial charge is 0.245 e. The maximum absolute atomic E-state index is 12.4. The van der Waals surface area contributed by atoms with Crippen LogP contribution >= 0.6 is 11.3 Å². The first-order valence-corrected chi connectivity index (χ1v) is 8.59. The van der Waals surface area contributed by atoms with Crippen LogP contribution in [-0.2, 0) is 11.2 Å². The lowest BCUT2D eigenvalue weighted by atomic mass is 10.0. The Hall–Kier alpha value is -2.40. The molecule has 3 aromatic rings. The lowest BCUT2D eigenvalue weighted by Gasteiger charge is -2.30. The molecule has 0 radical (unpaired) electrons. The minimum absolute atomic E-state index is 0.0132. The second-order valence-corrected chi connectivity index (χ2v) is 6.72. The molecule has 0 unspecified atom stereocenters. The molecule has 2 heterocycles. The van der Waals surface area contributed by atoms with Crippen LogP contribution in [0.4, 0.5) is 10.8 Å². The predicted octanol–water partition coefficient (Wildman–Crippen LogP) is 3.69. The van der Waals surface area contributed by atoms with Crippen molar-refractivity contribution in [1.29, 1.82) is 0 Å². The summed E-state index contributed by atoms with van der Waals surface area (Å²) in [7, 11) is 0. The molecule has 2 aromatic carbocycles. The van der Waals surface area contributed by atoms with Crippen molar-refractivity contribution in [2.45, 2.75) is 12.8 Å². The van der Waals surface area contributed by atoms with Crippen LogP contribution in [-0.4, -0.2) is 24.0 Å². The van der Waals surface area contributed by atoms with Crippen LogP contribution in [0, 0.1) is 0 Å². The lowest BCUT2D eigenvalue weighted by Crippen LogP contribution is -2.36. The number of hydrogen-bond acceptors (Lipinski definition) is 4. The molecular weight excluding hydrogens is 306 g/mol. The molecule has 0 aliphatic carbocycles. The number of benzene rings is 2. The van der Waals surface area contributed by atoms with Gasteiger partial charge in [-0.2, -0.15) is 0 Å². The van der Waals surface area contributed by atoms with E-state index in [1.54, 1.807) is 0 Å². The lowest BCUT2D eigenvalue weighted by molar-refractivity contribution is -0.115. The Morgan fingerprint density at radius 3 is 2.91 bits per heavy atom. The molecule has 4 rings (SSSR count). The van der Waals surface area contributed by atoms with E-state index >= 15 is 0 Å². The molecule has 0 bridgehead atoms. The van der Waals surface area contributed by atoms with Gasteiger partial charge in [-0.3, -0.25) is 4.79 Å². The van der Waals surface area contributed by atoms with Crippen molar-refractivity contribution in [3.05, 3.63) is 54.1 Å². The zero-order valence-electron chi connectivity index (χ0n) is 12.7. The van der Waals surface area contributed by atoms with Crippen LogP contribution in [0.1, 0.15) is 12.0 Å². The minimum atomic E-state index is -0.0132. The molecule has 1 N–H and O–H groups in total. The molecule has 1 aliphatic rings. The average Bonchev–Trinajstić information content (AvgIpc) is 2.97. The SMILES string of the molecule is O=C(CN1CCCc2ccccc21)Nc1nc2ccccc2s1. The fourth-order valence-corrected chi connectivity index (χ4v) is 3.92. The molecular formula is C18H17N3OS. The Bertz CT molecular complexity index is 825. The van der Waals surface area contributed by atoms with E-state index in [2.05, 4.69) is 33.4 Å². The Morgan fingerprint density at radius 2 is 2.00 bits per heavy atom. The third kappa shape index (κ3) is 2.92. The van der Waals surface area contributed by atoms with Gasteiger partial charge < -0.3 is 10.2 Å². The number of anilines is 2. The van der Waals surface area contributed by atoms with Crippen LogP contribution in [0.15, 0.2) is 48.5 Å². The first-order chi connectivity index (χ1) is 11.3. The summed E-state index contributed by atoms with van der Waals surface area (Å²) in [5, 5.41) is 3.60. The predicted molar refractivity (Wildman–Crippen MR) is 95.2 cm³/mol. The maximum Gasteiger partial charge on any atom is 0.245 e. The summed E-state index contributed by atoms with van der Waals surface area (Å²) in [5.41, 5.74) is 3.43. The topological polar surface area (TPSA) is 45.2 Å². The molecule has 0 spiro atoms. The van der Waals surface area contributed by atoms with E-state index in [0.29, 0.717) is 11.7 Å². The van der Waals surface area contributed by atoms with E-state index in [1.807, 2.05) is 30.3 Å². The maximum atomic E-state index is 12.4. The molecule has 1 aliphatic heterocycles. The number of hydrogen-bond donors (Lipinski definition) is 1. The highest BCUT2D eigenvalue weighted by Gasteiger charge is 2.19. The minimum Gasteiger partial charge on any atom is -0.362 e. The highest BCUT2D eigenvalue weighted by molar-refractivity contribution is 7.22. The van der Waals surface area contributed by atoms with E-state index in [1.165, 1.54) is 22.6 Å². The Kier molecular flexibility index (Phi) is 3.71. The summed E-state index contributed by atoms with van der Waals surface area (Å²) in [4.78, 5) is 19.0. The van der Waals surface area contributed by atoms with Crippen molar-refractivity contribution in [2.75, 3.05) is 23.3 Å². The number of para-hydroxylation sites is 2. The van der Waals surface area contributed by atoms with Crippen LogP contribution < -0.4 is 10.2 Å². The number of amides is 1. The molecule has 0 atom stereocenters. The fraction of sp³-hybridized carbons (Fsp3) is 0.222. The zero-order chi connectivity index (χ0) is 15.6. The number of thiazole rings is 1. The average molecular weight is 323 g/mol. The van der Waals surface area contributed by atoms with Gasteiger partial charge >= 0.3 is 0 Å². The largest absolute Gasteiger partial charge is 0.362 e. The molecule has 4 nitrogen and oxygen atoms in total. The number of fused-ring (bicyclic) bond motifs is 2. The van der Waals surface area contributed by atoms with E-state index < -0.39 is 0 Å². The first kappa shape index (κ1) is 14.2. The van der Waals surface area contributed by atoms with E-state index in [0.717, 1.165) is 29.6 Å². The van der Waals surface area contributed by atoms with Gasteiger partial charge in [-0.25, -0.2) is 4.98 Å². The number of nitrogens with one attached hydrogen (secondary N) is 1. The van der Waals surface area contributed by atoms with Crippen molar-refractivity contribution < 1.29 is 4.79 Å². The molecule has 23 heavy (non-hydrogen) atoms. The standard InChI is InChI=1S/C18H17N3OS/c22-17(20-18-19-14-8-2-4-10-16(14)23-18)12-21-11-5-7-13-6-1-3-9-15(13)21/h1-4,6,8-10H,5,7,11-12H2,(H,19,20,22). The van der Waals surface area contributed by atoms with Gasteiger partial charge in [-0.1, -0.05) is 41.7 Å². The highest BCUT2D eigenvalue weighted by atomic mass is 32.1. The van der Waals surface area contributed by atoms with E-state index in [-0.39, 0.29) is 5.91 Å². The molecule has 1 amide bonds. The second kappa shape index (κ2) is 6.01. The number of carbonyl (C=O) groups excluding carboxylic acids is 1. The summed E-state index contributed by atoms with van der Waals surface area (Å²) < 4.78 is 1.09. The van der Waals surface area contributed by atoms with E-state index in [9.17, 15) is 4.79 Å². The van der Waals surface area contributed by atoms with Gasteiger partial charge in [0, 0.05) is 12.2 Å². The van der Waals surface area contributed by atoms with Crippen LogP contribution in [0.25, 0.3) is 10.2 Å². The Morgan fingerprint density at radius 1 is 1.17 bits per heavy atom. The van der Waals surface area contributed by atoms with Crippen molar-refractivity contribution in [3.8, 4) is 0 Å². The van der Waals surface area contributed by atoms with Crippen molar-refractivity contribution >= 4 is 38.3 Å². The van der Waals surface area contributed by atoms with Crippen molar-refractivity contribution in [2.24, 2.45) is 0 Å².